The molecule has 1 aromatic carbocycles. The lowest BCUT2D eigenvalue weighted by Crippen LogP contribution is -2.58. The molecular formula is C21H33N3O3. The van der Waals surface area contributed by atoms with E-state index in [2.05, 4.69) is 33.9 Å². The molecule has 1 N–H and O–H groups in total. The maximum atomic E-state index is 9.60. The normalized spacial score (nSPS) is 25.6. The molecule has 1 aromatic rings. The Bertz CT molecular complexity index is 619. The summed E-state index contributed by atoms with van der Waals surface area (Å²) in [4.78, 5) is 7.64. The van der Waals surface area contributed by atoms with Crippen molar-refractivity contribution in [1.29, 1.82) is 0 Å². The molecule has 6 heteroatoms. The summed E-state index contributed by atoms with van der Waals surface area (Å²) in [5.74, 6) is 1.73. The van der Waals surface area contributed by atoms with Crippen molar-refractivity contribution in [3.8, 4) is 11.5 Å². The molecule has 0 unspecified atom stereocenters. The molecule has 0 aromatic heterocycles. The molecule has 0 saturated carbocycles. The third kappa shape index (κ3) is 4.57. The van der Waals surface area contributed by atoms with E-state index in [0.717, 1.165) is 44.1 Å². The van der Waals surface area contributed by atoms with Gasteiger partial charge in [-0.25, -0.2) is 0 Å². The molecule has 0 bridgehead atoms. The smallest absolute Gasteiger partial charge is 0.161 e. The van der Waals surface area contributed by atoms with E-state index in [1.807, 2.05) is 6.07 Å². The maximum Gasteiger partial charge on any atom is 0.161 e. The Morgan fingerprint density at radius 2 is 1.81 bits per heavy atom. The van der Waals surface area contributed by atoms with Crippen molar-refractivity contribution < 1.29 is 14.6 Å². The number of benzene rings is 1. The Morgan fingerprint density at radius 3 is 2.59 bits per heavy atom. The van der Waals surface area contributed by atoms with Gasteiger partial charge in [-0.2, -0.15) is 0 Å². The Balaban J connectivity index is 1.38. The third-order valence-corrected chi connectivity index (χ3v) is 6.24. The number of piperidine rings is 1. The molecule has 0 amide bonds. The van der Waals surface area contributed by atoms with Crippen LogP contribution >= 0.6 is 0 Å². The summed E-state index contributed by atoms with van der Waals surface area (Å²) in [5.41, 5.74) is 1.27. The second-order valence-electron chi connectivity index (χ2n) is 8.15. The summed E-state index contributed by atoms with van der Waals surface area (Å²) in [6.45, 7) is 8.05. The number of fused-ring (bicyclic) bond motifs is 1. The predicted octanol–water partition coefficient (Wildman–Crippen LogP) is 1.42. The molecule has 3 heterocycles. The number of hydrogen-bond acceptors (Lipinski definition) is 6. The maximum absolute atomic E-state index is 9.60. The topological polar surface area (TPSA) is 48.4 Å². The molecule has 27 heavy (non-hydrogen) atoms. The number of likely N-dealkylation sites (tertiary alicyclic amines) is 1. The van der Waals surface area contributed by atoms with E-state index < -0.39 is 0 Å². The Labute approximate surface area is 162 Å². The van der Waals surface area contributed by atoms with E-state index in [9.17, 15) is 5.11 Å². The van der Waals surface area contributed by atoms with Crippen molar-refractivity contribution in [2.75, 3.05) is 59.6 Å². The highest BCUT2D eigenvalue weighted by Crippen LogP contribution is 2.31. The highest BCUT2D eigenvalue weighted by molar-refractivity contribution is 5.43. The van der Waals surface area contributed by atoms with Crippen molar-refractivity contribution >= 4 is 0 Å². The van der Waals surface area contributed by atoms with E-state index in [1.165, 1.54) is 31.5 Å². The number of aliphatic hydroxyl groups excluding tert-OH is 1. The van der Waals surface area contributed by atoms with Gasteiger partial charge in [-0.1, -0.05) is 6.07 Å². The molecular weight excluding hydrogens is 342 g/mol. The fourth-order valence-electron chi connectivity index (χ4n) is 4.74. The summed E-state index contributed by atoms with van der Waals surface area (Å²) in [5, 5.41) is 9.60. The number of hydrogen-bond donors (Lipinski definition) is 1. The van der Waals surface area contributed by atoms with E-state index in [-0.39, 0.29) is 6.61 Å². The van der Waals surface area contributed by atoms with Gasteiger partial charge in [-0.05, 0) is 57.1 Å². The summed E-state index contributed by atoms with van der Waals surface area (Å²) in [7, 11) is 2.21. The van der Waals surface area contributed by atoms with Gasteiger partial charge in [0.15, 0.2) is 11.5 Å². The first kappa shape index (κ1) is 19.0. The molecule has 2 fully saturated rings. The van der Waals surface area contributed by atoms with E-state index in [4.69, 9.17) is 9.47 Å². The highest BCUT2D eigenvalue weighted by Gasteiger charge is 2.33. The molecule has 150 valence electrons. The van der Waals surface area contributed by atoms with Gasteiger partial charge in [0.05, 0.1) is 0 Å². The largest absolute Gasteiger partial charge is 0.486 e. The first-order valence-electron chi connectivity index (χ1n) is 10.4. The van der Waals surface area contributed by atoms with Gasteiger partial charge < -0.3 is 19.5 Å². The second-order valence-corrected chi connectivity index (χ2v) is 8.15. The summed E-state index contributed by atoms with van der Waals surface area (Å²) < 4.78 is 11.4. The van der Waals surface area contributed by atoms with E-state index in [0.29, 0.717) is 25.3 Å². The SMILES string of the molecule is CN1CCC(N2CCN(Cc3ccc4c(c3)OCCO4)C[C@H]2CCO)CC1. The number of rotatable bonds is 5. The molecule has 2 saturated heterocycles. The van der Waals surface area contributed by atoms with Crippen molar-refractivity contribution in [1.82, 2.24) is 14.7 Å². The van der Waals surface area contributed by atoms with Crippen LogP contribution in [0.4, 0.5) is 0 Å². The molecule has 3 aliphatic rings. The van der Waals surface area contributed by atoms with Crippen LogP contribution in [0.15, 0.2) is 18.2 Å². The standard InChI is InChI=1S/C21H33N3O3/c1-22-7-4-18(5-8-22)24-10-9-23(16-19(24)6-11-25)15-17-2-3-20-21(14-17)27-13-12-26-20/h2-3,14,18-19,25H,4-13,15-16H2,1H3/t19-/m1/s1. The van der Waals surface area contributed by atoms with Crippen LogP contribution in [0.1, 0.15) is 24.8 Å². The zero-order valence-corrected chi connectivity index (χ0v) is 16.5. The Kier molecular flexibility index (Phi) is 6.18. The van der Waals surface area contributed by atoms with Crippen LogP contribution in [0, 0.1) is 0 Å². The second kappa shape index (κ2) is 8.78. The fraction of sp³-hybridized carbons (Fsp3) is 0.714. The van der Waals surface area contributed by atoms with Gasteiger partial charge in [0.2, 0.25) is 0 Å². The van der Waals surface area contributed by atoms with Gasteiger partial charge in [0.1, 0.15) is 13.2 Å². The van der Waals surface area contributed by atoms with Crippen LogP contribution in [0.3, 0.4) is 0 Å². The first-order valence-corrected chi connectivity index (χ1v) is 10.4. The zero-order chi connectivity index (χ0) is 18.6. The van der Waals surface area contributed by atoms with Crippen LogP contribution in [0.2, 0.25) is 0 Å². The number of aliphatic hydroxyl groups is 1. The van der Waals surface area contributed by atoms with Crippen molar-refractivity contribution in [3.63, 3.8) is 0 Å². The third-order valence-electron chi connectivity index (χ3n) is 6.24. The average Bonchev–Trinajstić information content (AvgIpc) is 2.69. The molecule has 1 atom stereocenters. The molecule has 4 rings (SSSR count). The van der Waals surface area contributed by atoms with Gasteiger partial charge in [-0.3, -0.25) is 9.80 Å². The van der Waals surface area contributed by atoms with Crippen molar-refractivity contribution in [3.05, 3.63) is 23.8 Å². The monoisotopic (exact) mass is 375 g/mol. The lowest BCUT2D eigenvalue weighted by Gasteiger charge is -2.47. The molecule has 0 radical (unpaired) electrons. The van der Waals surface area contributed by atoms with Crippen LogP contribution in [0.5, 0.6) is 11.5 Å². The van der Waals surface area contributed by atoms with Gasteiger partial charge in [0.25, 0.3) is 0 Å². The minimum absolute atomic E-state index is 0.269. The van der Waals surface area contributed by atoms with Crippen LogP contribution in [0.25, 0.3) is 0 Å². The minimum atomic E-state index is 0.269. The van der Waals surface area contributed by atoms with Crippen molar-refractivity contribution in [2.24, 2.45) is 0 Å². The number of nitrogens with zero attached hydrogens (tertiary/aromatic N) is 3. The van der Waals surface area contributed by atoms with E-state index >= 15 is 0 Å². The number of piperazine rings is 1. The van der Waals surface area contributed by atoms with Crippen molar-refractivity contribution in [2.45, 2.75) is 37.9 Å². The minimum Gasteiger partial charge on any atom is -0.486 e. The Morgan fingerprint density at radius 1 is 1.04 bits per heavy atom. The predicted molar refractivity (Wildman–Crippen MR) is 105 cm³/mol. The lowest BCUT2D eigenvalue weighted by atomic mass is 9.98. The fourth-order valence-corrected chi connectivity index (χ4v) is 4.74. The van der Waals surface area contributed by atoms with E-state index in [1.54, 1.807) is 0 Å². The summed E-state index contributed by atoms with van der Waals surface area (Å²) in [6.07, 6.45) is 3.37. The average molecular weight is 376 g/mol. The van der Waals surface area contributed by atoms with Gasteiger partial charge >= 0.3 is 0 Å². The van der Waals surface area contributed by atoms with Gasteiger partial charge in [0, 0.05) is 44.9 Å². The molecule has 3 aliphatic heterocycles. The molecule has 0 aliphatic carbocycles. The summed E-state index contributed by atoms with van der Waals surface area (Å²) >= 11 is 0. The lowest BCUT2D eigenvalue weighted by molar-refractivity contribution is 0.00596. The van der Waals surface area contributed by atoms with Crippen LogP contribution < -0.4 is 9.47 Å². The molecule has 6 nitrogen and oxygen atoms in total. The first-order chi connectivity index (χ1) is 13.2. The quantitative estimate of drug-likeness (QED) is 0.840. The number of ether oxygens (including phenoxy) is 2. The van der Waals surface area contributed by atoms with Gasteiger partial charge in [-0.15, -0.1) is 0 Å². The highest BCUT2D eigenvalue weighted by atomic mass is 16.6. The summed E-state index contributed by atoms with van der Waals surface area (Å²) in [6, 6.07) is 7.43. The zero-order valence-electron chi connectivity index (χ0n) is 16.5. The Hall–Kier alpha value is -1.34. The van der Waals surface area contributed by atoms with Crippen LogP contribution in [-0.4, -0.2) is 91.5 Å². The molecule has 0 spiro atoms. The van der Waals surface area contributed by atoms with Crippen LogP contribution in [-0.2, 0) is 6.54 Å².